The van der Waals surface area contributed by atoms with Gasteiger partial charge >= 0.3 is 0 Å². The summed E-state index contributed by atoms with van der Waals surface area (Å²) in [7, 11) is 0. The Balaban J connectivity index is 0.893. The zero-order chi connectivity index (χ0) is 77.5. The van der Waals surface area contributed by atoms with Crippen molar-refractivity contribution in [3.63, 3.8) is 0 Å². The number of thiocarbonyl (C=S) groups is 1. The van der Waals surface area contributed by atoms with Crippen molar-refractivity contribution in [1.29, 1.82) is 0 Å². The maximum Gasteiger partial charge on any atom is 0.187 e. The lowest BCUT2D eigenvalue weighted by Gasteiger charge is -2.47. The molecule has 626 valence electrons. The van der Waals surface area contributed by atoms with Crippen LogP contribution < -0.4 is 10.6 Å². The second kappa shape index (κ2) is 46.6. The third-order valence-electron chi connectivity index (χ3n) is 20.1. The molecule has 10 rings (SSSR count). The van der Waals surface area contributed by atoms with Crippen LogP contribution in [-0.4, -0.2) is 434 Å². The van der Waals surface area contributed by atoms with Crippen LogP contribution in [-0.2, 0) is 66.3 Å². The Labute approximate surface area is 642 Å². The zero-order valence-electron chi connectivity index (χ0n) is 59.4. The molecule has 0 radical (unpaired) electrons. The molecule has 10 aliphatic heterocycles. The number of nitrogens with one attached hydrogen (secondary N) is 2. The monoisotopic (exact) mass is 1640 g/mol. The first kappa shape index (κ1) is 92.2. The fraction of sp³-hybridized carbons (Fsp3) is 0.985. The number of aliphatic hydroxyl groups is 21. The van der Waals surface area contributed by atoms with Crippen molar-refractivity contribution in [2.24, 2.45) is 11.3 Å². The van der Waals surface area contributed by atoms with Crippen molar-refractivity contribution >= 4 is 64.4 Å². The minimum absolute atomic E-state index is 0.0252. The van der Waals surface area contributed by atoms with Gasteiger partial charge in [0.1, 0.15) is 144 Å². The Kier molecular flexibility index (Phi) is 40.1. The molecule has 37 nitrogen and oxygen atoms in total. The highest BCUT2D eigenvalue weighted by molar-refractivity contribution is 8.00. The summed E-state index contributed by atoms with van der Waals surface area (Å²) in [5, 5.41) is 228. The Morgan fingerprint density at radius 3 is 1.47 bits per heavy atom. The summed E-state index contributed by atoms with van der Waals surface area (Å²) < 4.78 is 83.5. The van der Waals surface area contributed by atoms with Gasteiger partial charge in [-0.05, 0) is 68.0 Å². The van der Waals surface area contributed by atoms with Crippen LogP contribution in [0.5, 0.6) is 0 Å². The van der Waals surface area contributed by atoms with Crippen LogP contribution >= 0.6 is 59.3 Å². The number of rotatable bonds is 39. The molecule has 0 spiro atoms. The SMILES string of the molecule is OCC1O[C@H](SCCCOCCC(CNC(=S)NCCSCC2O[C@@H]3O[C@@H]4C(CO)O[C@H](OCCCCC[C@H]2[C@H](O)C3O)C(O)[C@H]4O)(COCCCS[C@H]2C[C@@H](O)[C@H](O[C@@H]3OC(CO)[C@H](O)[C@H](O)C3O)C(CO)O2)COCCCS[C@H]2C[C@@H](O)[C@H](O[C@@H]3OC(CO)[C@H](O)[C@H](O)C3O)C(CO)O2)C(O)[C@@H](O)[C@@H]1O. The minimum Gasteiger partial charge on any atom is -0.394 e. The summed E-state index contributed by atoms with van der Waals surface area (Å²) in [5.74, 6) is 1.61. The fourth-order valence-electron chi connectivity index (χ4n) is 13.8. The van der Waals surface area contributed by atoms with Crippen LogP contribution in [0.25, 0.3) is 0 Å². The van der Waals surface area contributed by atoms with E-state index in [9.17, 15) is 107 Å². The number of aliphatic hydroxyl groups excluding tert-OH is 21. The molecule has 10 heterocycles. The molecular formula is C65H116N2O35S5. The van der Waals surface area contributed by atoms with Gasteiger partial charge in [0, 0.05) is 81.8 Å². The van der Waals surface area contributed by atoms with Gasteiger partial charge in [-0.25, -0.2) is 0 Å². The van der Waals surface area contributed by atoms with E-state index in [2.05, 4.69) is 10.6 Å². The Hall–Kier alpha value is -0.310. The van der Waals surface area contributed by atoms with Crippen LogP contribution in [0.4, 0.5) is 0 Å². The lowest BCUT2D eigenvalue weighted by Crippen LogP contribution is -2.63. The molecule has 12 unspecified atom stereocenters. The first-order valence-corrected chi connectivity index (χ1v) is 41.3. The highest BCUT2D eigenvalue weighted by Gasteiger charge is 2.54. The molecule has 33 atom stereocenters. The van der Waals surface area contributed by atoms with Gasteiger partial charge in [0.05, 0.1) is 77.3 Å². The Bertz CT molecular complexity index is 2400. The van der Waals surface area contributed by atoms with Gasteiger partial charge < -0.3 is 184 Å². The summed E-state index contributed by atoms with van der Waals surface area (Å²) in [6, 6.07) is 0. The highest BCUT2D eigenvalue weighted by Crippen LogP contribution is 2.39. The predicted molar refractivity (Wildman–Crippen MR) is 382 cm³/mol. The summed E-state index contributed by atoms with van der Waals surface area (Å²) in [4.78, 5) is 0. The van der Waals surface area contributed by atoms with Crippen LogP contribution in [0, 0.1) is 11.3 Å². The predicted octanol–water partition coefficient (Wildman–Crippen LogP) is -8.44. The lowest BCUT2D eigenvalue weighted by molar-refractivity contribution is -0.353. The van der Waals surface area contributed by atoms with Crippen LogP contribution in [0.2, 0.25) is 0 Å². The molecular weight excluding hydrogens is 1530 g/mol. The molecule has 42 heteroatoms. The molecule has 107 heavy (non-hydrogen) atoms. The number of hydrogen-bond donors (Lipinski definition) is 23. The van der Waals surface area contributed by atoms with Crippen LogP contribution in [0.15, 0.2) is 0 Å². The number of ether oxygens (including phenoxy) is 14. The molecule has 10 fully saturated rings. The topological polar surface area (TPSA) is 578 Å². The summed E-state index contributed by atoms with van der Waals surface area (Å²) in [6.07, 6.45) is -36.2. The van der Waals surface area contributed by atoms with Crippen LogP contribution in [0.1, 0.15) is 64.2 Å². The third-order valence-corrected chi connectivity index (χ3v) is 25.1. The molecule has 0 saturated carbocycles. The van der Waals surface area contributed by atoms with Crippen molar-refractivity contribution in [3.8, 4) is 0 Å². The van der Waals surface area contributed by atoms with Crippen molar-refractivity contribution in [1.82, 2.24) is 10.6 Å². The fourth-order valence-corrected chi connectivity index (χ4v) is 18.2. The smallest absolute Gasteiger partial charge is 0.187 e. The molecule has 10 saturated heterocycles. The van der Waals surface area contributed by atoms with E-state index in [1.807, 2.05) is 0 Å². The summed E-state index contributed by atoms with van der Waals surface area (Å²) in [5.41, 5.74) is -3.06. The summed E-state index contributed by atoms with van der Waals surface area (Å²) >= 11 is 11.3. The first-order valence-electron chi connectivity index (χ1n) is 36.6. The van der Waals surface area contributed by atoms with E-state index >= 15 is 0 Å². The van der Waals surface area contributed by atoms with E-state index in [0.717, 1.165) is 0 Å². The van der Waals surface area contributed by atoms with Gasteiger partial charge in [0.2, 0.25) is 0 Å². The van der Waals surface area contributed by atoms with E-state index in [0.29, 0.717) is 86.7 Å². The zero-order valence-corrected chi connectivity index (χ0v) is 63.5. The number of hydrogen-bond acceptors (Lipinski definition) is 40. The Morgan fingerprint density at radius 2 is 0.925 bits per heavy atom. The van der Waals surface area contributed by atoms with E-state index < -0.39 is 245 Å². The summed E-state index contributed by atoms with van der Waals surface area (Å²) in [6.45, 7) is -2.03. The molecule has 0 aromatic heterocycles. The minimum atomic E-state index is -1.75. The second-order valence-corrected chi connectivity index (χ2v) is 33.3. The molecule has 23 N–H and O–H groups in total. The van der Waals surface area contributed by atoms with E-state index in [4.69, 9.17) is 78.5 Å². The average Bonchev–Trinajstić information content (AvgIpc) is 1.31. The van der Waals surface area contributed by atoms with E-state index in [-0.39, 0.29) is 70.7 Å². The maximum absolute atomic E-state index is 11.5. The maximum atomic E-state index is 11.5. The molecule has 0 aromatic carbocycles. The molecule has 10 aliphatic rings. The van der Waals surface area contributed by atoms with Crippen molar-refractivity contribution in [3.05, 3.63) is 0 Å². The molecule has 0 aromatic rings. The Morgan fingerprint density at radius 1 is 0.430 bits per heavy atom. The lowest BCUT2D eigenvalue weighted by atomic mass is 9.85. The number of thioether (sulfide) groups is 4. The standard InChI is InChI=1S/C65H116N2O35S5/c68-21-34-44(77)47(80)52(85)61(95-34)100-56-32(74)19-41(93-37(56)24-71)105-15-5-11-90-29-65(8-14-89-10-4-17-107-63-55(88)49(82)46(79)36(23-70)99-63,30-91-12-6-16-106-42-20-33(75)57(38(25-72)94-42)101-62-53(86)48(81)45(78)35(22-69)96-62)28-67-64(103)66-9-18-104-27-40-31-7-2-1-3-13-92-59-54(87)50(83)58(39(26-73)97-59)102-60(98-40)51(84)43(31)76/h31-63,68-88H,1-30H2,(H2,66,67,103)/t31-,32-,33-,34?,35?,36?,37?,38?,39?,40?,41+,42+,43+,44+,45+,46-,47+,48+,49+,50-,51?,52?,53?,54?,55?,56+,57+,58-,59+,60-,61+,62+,63-,65?/m1/s1. The van der Waals surface area contributed by atoms with Crippen molar-refractivity contribution in [2.75, 3.05) is 128 Å². The highest BCUT2D eigenvalue weighted by atomic mass is 32.2. The largest absolute Gasteiger partial charge is 0.394 e. The van der Waals surface area contributed by atoms with Crippen molar-refractivity contribution < 1.29 is 174 Å². The van der Waals surface area contributed by atoms with Crippen molar-refractivity contribution in [2.45, 2.75) is 258 Å². The normalized spacial score (nSPS) is 42.3. The van der Waals surface area contributed by atoms with Gasteiger partial charge in [-0.15, -0.1) is 35.3 Å². The first-order chi connectivity index (χ1) is 51.4. The molecule has 4 bridgehead atoms. The van der Waals surface area contributed by atoms with Gasteiger partial charge in [0.25, 0.3) is 0 Å². The molecule has 0 amide bonds. The van der Waals surface area contributed by atoms with E-state index in [1.165, 1.54) is 47.0 Å². The van der Waals surface area contributed by atoms with Gasteiger partial charge in [-0.2, -0.15) is 11.8 Å². The second-order valence-electron chi connectivity index (χ2n) is 28.0. The van der Waals surface area contributed by atoms with Crippen LogP contribution in [0.3, 0.4) is 0 Å². The average molecular weight is 1650 g/mol. The van der Waals surface area contributed by atoms with Gasteiger partial charge in [-0.1, -0.05) is 12.8 Å². The third kappa shape index (κ3) is 25.8. The van der Waals surface area contributed by atoms with E-state index in [1.54, 1.807) is 0 Å². The van der Waals surface area contributed by atoms with Gasteiger partial charge in [-0.3, -0.25) is 0 Å². The number of fused-ring (bicyclic) bond motifs is 2. The molecule has 0 aliphatic carbocycles. The quantitative estimate of drug-likeness (QED) is 0.0201. The van der Waals surface area contributed by atoms with Gasteiger partial charge in [0.15, 0.2) is 30.3 Å².